The lowest BCUT2D eigenvalue weighted by atomic mass is 10.1. The number of nitriles is 1. The van der Waals surface area contributed by atoms with E-state index in [4.69, 9.17) is 21.5 Å². The Bertz CT molecular complexity index is 484. The molecule has 0 radical (unpaired) electrons. The number of rotatable bonds is 3. The van der Waals surface area contributed by atoms with Crippen molar-refractivity contribution in [2.45, 2.75) is 38.8 Å². The molecule has 1 aliphatic heterocycles. The van der Waals surface area contributed by atoms with Gasteiger partial charge in [-0.05, 0) is 26.7 Å². The fourth-order valence-electron chi connectivity index (χ4n) is 2.16. The molecule has 2 rings (SSSR count). The van der Waals surface area contributed by atoms with E-state index >= 15 is 0 Å². The van der Waals surface area contributed by atoms with Crippen LogP contribution in [0.2, 0.25) is 0 Å². The van der Waals surface area contributed by atoms with Crippen LogP contribution in [-0.2, 0) is 0 Å². The Morgan fingerprint density at radius 2 is 2.05 bits per heavy atom. The average Bonchev–Trinajstić information content (AvgIpc) is 2.67. The number of nitrogen functional groups attached to an aromatic ring is 1. The standard InChI is InChI=1S/C13H20N4OS/c1-8(2)18-12-11(16)10(7-14)19-13(12)17-5-3-9(15)4-6-17/h8-9H,3-6,15-16H2,1-2H3. The summed E-state index contributed by atoms with van der Waals surface area (Å²) in [6, 6.07) is 2.42. The molecule has 1 aliphatic rings. The topological polar surface area (TPSA) is 88.3 Å². The van der Waals surface area contributed by atoms with Crippen LogP contribution in [0.1, 0.15) is 31.6 Å². The van der Waals surface area contributed by atoms with Crippen LogP contribution in [-0.4, -0.2) is 25.2 Å². The quantitative estimate of drug-likeness (QED) is 0.883. The van der Waals surface area contributed by atoms with E-state index in [0.717, 1.165) is 30.9 Å². The second-order valence-corrected chi connectivity index (χ2v) is 6.08. The lowest BCUT2D eigenvalue weighted by molar-refractivity contribution is 0.245. The molecular weight excluding hydrogens is 260 g/mol. The SMILES string of the molecule is CC(C)Oc1c(N2CCC(N)CC2)sc(C#N)c1N. The van der Waals surface area contributed by atoms with Crippen molar-refractivity contribution < 1.29 is 4.74 Å². The molecule has 1 aromatic heterocycles. The molecule has 0 saturated carbocycles. The number of ether oxygens (including phenoxy) is 1. The lowest BCUT2D eigenvalue weighted by Gasteiger charge is -2.31. The number of piperidine rings is 1. The van der Waals surface area contributed by atoms with E-state index in [1.165, 1.54) is 11.3 Å². The van der Waals surface area contributed by atoms with Gasteiger partial charge in [0, 0.05) is 19.1 Å². The van der Waals surface area contributed by atoms with Crippen LogP contribution in [0.5, 0.6) is 5.75 Å². The summed E-state index contributed by atoms with van der Waals surface area (Å²) in [4.78, 5) is 2.75. The second kappa shape index (κ2) is 5.68. The van der Waals surface area contributed by atoms with Crippen LogP contribution in [0.15, 0.2) is 0 Å². The monoisotopic (exact) mass is 280 g/mol. The smallest absolute Gasteiger partial charge is 0.178 e. The summed E-state index contributed by atoms with van der Waals surface area (Å²) in [6.07, 6.45) is 1.95. The first kappa shape index (κ1) is 14.0. The summed E-state index contributed by atoms with van der Waals surface area (Å²) in [5.74, 6) is 0.659. The predicted octanol–water partition coefficient (Wildman–Crippen LogP) is 1.92. The van der Waals surface area contributed by atoms with Gasteiger partial charge in [-0.15, -0.1) is 11.3 Å². The molecular formula is C13H20N4OS. The minimum Gasteiger partial charge on any atom is -0.486 e. The van der Waals surface area contributed by atoms with E-state index < -0.39 is 0 Å². The van der Waals surface area contributed by atoms with Gasteiger partial charge in [0.05, 0.1) is 6.10 Å². The fraction of sp³-hybridized carbons (Fsp3) is 0.615. The third kappa shape index (κ3) is 2.94. The van der Waals surface area contributed by atoms with Gasteiger partial charge < -0.3 is 21.1 Å². The Morgan fingerprint density at radius 3 is 2.58 bits per heavy atom. The second-order valence-electron chi connectivity index (χ2n) is 5.08. The zero-order valence-electron chi connectivity index (χ0n) is 11.3. The largest absolute Gasteiger partial charge is 0.486 e. The molecule has 0 amide bonds. The van der Waals surface area contributed by atoms with Gasteiger partial charge in [0.15, 0.2) is 5.75 Å². The number of hydrogen-bond acceptors (Lipinski definition) is 6. The van der Waals surface area contributed by atoms with Crippen molar-refractivity contribution in [3.8, 4) is 11.8 Å². The average molecular weight is 280 g/mol. The van der Waals surface area contributed by atoms with Crippen LogP contribution in [0, 0.1) is 11.3 Å². The van der Waals surface area contributed by atoms with Crippen LogP contribution in [0.25, 0.3) is 0 Å². The van der Waals surface area contributed by atoms with Gasteiger partial charge in [0.1, 0.15) is 21.6 Å². The molecule has 1 aromatic rings. The summed E-state index contributed by atoms with van der Waals surface area (Å²) in [5.41, 5.74) is 12.4. The highest BCUT2D eigenvalue weighted by atomic mass is 32.1. The van der Waals surface area contributed by atoms with Gasteiger partial charge in [-0.25, -0.2) is 0 Å². The fourth-order valence-corrected chi connectivity index (χ4v) is 3.16. The number of hydrogen-bond donors (Lipinski definition) is 2. The highest BCUT2D eigenvalue weighted by molar-refractivity contribution is 7.17. The van der Waals surface area contributed by atoms with E-state index in [0.29, 0.717) is 16.3 Å². The molecule has 0 aromatic carbocycles. The van der Waals surface area contributed by atoms with Crippen molar-refractivity contribution in [3.63, 3.8) is 0 Å². The molecule has 5 nitrogen and oxygen atoms in total. The summed E-state index contributed by atoms with van der Waals surface area (Å²) in [6.45, 7) is 5.69. The molecule has 0 aliphatic carbocycles. The van der Waals surface area contributed by atoms with Crippen LogP contribution in [0.3, 0.4) is 0 Å². The summed E-state index contributed by atoms with van der Waals surface area (Å²) in [7, 11) is 0. The van der Waals surface area contributed by atoms with Crippen molar-refractivity contribution >= 4 is 22.0 Å². The van der Waals surface area contributed by atoms with Gasteiger partial charge in [-0.1, -0.05) is 0 Å². The van der Waals surface area contributed by atoms with Crippen molar-refractivity contribution in [2.24, 2.45) is 5.73 Å². The molecule has 19 heavy (non-hydrogen) atoms. The highest BCUT2D eigenvalue weighted by Crippen LogP contribution is 2.45. The van der Waals surface area contributed by atoms with Crippen LogP contribution < -0.4 is 21.1 Å². The number of anilines is 2. The maximum absolute atomic E-state index is 9.12. The molecule has 0 spiro atoms. The summed E-state index contributed by atoms with van der Waals surface area (Å²) < 4.78 is 5.80. The Balaban J connectivity index is 2.30. The third-order valence-corrected chi connectivity index (χ3v) is 4.32. The van der Waals surface area contributed by atoms with E-state index in [2.05, 4.69) is 11.0 Å². The van der Waals surface area contributed by atoms with Gasteiger partial charge in [0.25, 0.3) is 0 Å². The van der Waals surface area contributed by atoms with Gasteiger partial charge >= 0.3 is 0 Å². The molecule has 1 fully saturated rings. The normalized spacial score (nSPS) is 16.7. The Labute approximate surface area is 117 Å². The molecule has 1 saturated heterocycles. The predicted molar refractivity (Wildman–Crippen MR) is 78.6 cm³/mol. The number of thiophene rings is 1. The summed E-state index contributed by atoms with van der Waals surface area (Å²) in [5, 5.41) is 10.1. The molecule has 0 unspecified atom stereocenters. The molecule has 104 valence electrons. The minimum atomic E-state index is 0.0363. The number of nitrogens with zero attached hydrogens (tertiary/aromatic N) is 2. The van der Waals surface area contributed by atoms with E-state index in [1.54, 1.807) is 0 Å². The Hall–Kier alpha value is -1.45. The molecule has 4 N–H and O–H groups in total. The zero-order valence-corrected chi connectivity index (χ0v) is 12.2. The van der Waals surface area contributed by atoms with Gasteiger partial charge in [-0.2, -0.15) is 5.26 Å². The first-order valence-corrected chi connectivity index (χ1v) is 7.34. The molecule has 2 heterocycles. The molecule has 0 atom stereocenters. The highest BCUT2D eigenvalue weighted by Gasteiger charge is 2.25. The Kier molecular flexibility index (Phi) is 4.17. The lowest BCUT2D eigenvalue weighted by Crippen LogP contribution is -2.39. The van der Waals surface area contributed by atoms with Crippen molar-refractivity contribution in [1.29, 1.82) is 5.26 Å². The molecule has 0 bridgehead atoms. The minimum absolute atomic E-state index is 0.0363. The maximum atomic E-state index is 9.12. The van der Waals surface area contributed by atoms with E-state index in [-0.39, 0.29) is 12.1 Å². The van der Waals surface area contributed by atoms with Gasteiger partial charge in [0.2, 0.25) is 0 Å². The van der Waals surface area contributed by atoms with E-state index in [9.17, 15) is 0 Å². The van der Waals surface area contributed by atoms with Crippen LogP contribution in [0.4, 0.5) is 10.7 Å². The third-order valence-electron chi connectivity index (χ3n) is 3.16. The summed E-state index contributed by atoms with van der Waals surface area (Å²) >= 11 is 1.41. The van der Waals surface area contributed by atoms with E-state index in [1.807, 2.05) is 13.8 Å². The molecule has 6 heteroatoms. The first-order valence-electron chi connectivity index (χ1n) is 6.52. The maximum Gasteiger partial charge on any atom is 0.178 e. The Morgan fingerprint density at radius 1 is 1.42 bits per heavy atom. The van der Waals surface area contributed by atoms with Crippen molar-refractivity contribution in [1.82, 2.24) is 0 Å². The first-order chi connectivity index (χ1) is 9.02. The van der Waals surface area contributed by atoms with Crippen LogP contribution >= 0.6 is 11.3 Å². The zero-order chi connectivity index (χ0) is 14.0. The van der Waals surface area contributed by atoms with Crippen molar-refractivity contribution in [2.75, 3.05) is 23.7 Å². The van der Waals surface area contributed by atoms with Crippen molar-refractivity contribution in [3.05, 3.63) is 4.88 Å². The van der Waals surface area contributed by atoms with Gasteiger partial charge in [-0.3, -0.25) is 0 Å². The number of nitrogens with two attached hydrogens (primary N) is 2.